The maximum atomic E-state index is 12.3. The number of nitrogens with zero attached hydrogens (tertiary/aromatic N) is 2. The molecule has 36 heavy (non-hydrogen) atoms. The number of aliphatic hydroxyl groups is 1. The molecule has 4 bridgehead atoms. The summed E-state index contributed by atoms with van der Waals surface area (Å²) in [7, 11) is 1.81. The summed E-state index contributed by atoms with van der Waals surface area (Å²) in [6.07, 6.45) is 10.9. The van der Waals surface area contributed by atoms with Crippen LogP contribution in [0.1, 0.15) is 62.1 Å². The number of aromatic nitrogens is 1. The Morgan fingerprint density at radius 2 is 1.97 bits per heavy atom. The molecular formula is C30H36N2O4. The molecule has 5 aliphatic carbocycles. The second-order valence-corrected chi connectivity index (χ2v) is 12.8. The Hall–Kier alpha value is -2.15. The first-order valence-corrected chi connectivity index (χ1v) is 13.8. The number of methoxy groups -OCH3 is 1. The van der Waals surface area contributed by atoms with E-state index < -0.39 is 11.2 Å². The first-order chi connectivity index (χ1) is 17.4. The zero-order valence-electron chi connectivity index (χ0n) is 21.2. The smallest absolute Gasteiger partial charge is 0.165 e. The molecule has 1 saturated heterocycles. The number of rotatable bonds is 5. The second kappa shape index (κ2) is 6.83. The molecule has 2 spiro atoms. The molecule has 6 heteroatoms. The van der Waals surface area contributed by atoms with E-state index in [0.29, 0.717) is 11.8 Å². The quantitative estimate of drug-likeness (QED) is 0.665. The average Bonchev–Trinajstić information content (AvgIpc) is 3.64. The van der Waals surface area contributed by atoms with Crippen LogP contribution in [0, 0.1) is 17.3 Å². The summed E-state index contributed by atoms with van der Waals surface area (Å²) in [6.45, 7) is 4.22. The molecule has 5 fully saturated rings. The maximum absolute atomic E-state index is 12.3. The van der Waals surface area contributed by atoms with E-state index in [4.69, 9.17) is 9.47 Å². The molecule has 6 nitrogen and oxygen atoms in total. The topological polar surface area (TPSA) is 75.0 Å². The lowest BCUT2D eigenvalue weighted by molar-refractivity contribution is -0.304. The van der Waals surface area contributed by atoms with Crippen LogP contribution in [0.15, 0.2) is 36.7 Å². The lowest BCUT2D eigenvalue weighted by Crippen LogP contribution is -2.82. The Morgan fingerprint density at radius 1 is 1.17 bits per heavy atom. The predicted molar refractivity (Wildman–Crippen MR) is 134 cm³/mol. The number of piperidine rings is 1. The minimum absolute atomic E-state index is 0.0151. The van der Waals surface area contributed by atoms with Gasteiger partial charge in [0, 0.05) is 54.4 Å². The summed E-state index contributed by atoms with van der Waals surface area (Å²) in [5, 5.41) is 23.3. The molecule has 4 saturated carbocycles. The van der Waals surface area contributed by atoms with Crippen molar-refractivity contribution in [3.05, 3.63) is 53.3 Å². The number of aromatic hydroxyl groups is 1. The minimum Gasteiger partial charge on any atom is -0.504 e. The van der Waals surface area contributed by atoms with Gasteiger partial charge in [0.2, 0.25) is 0 Å². The van der Waals surface area contributed by atoms with Gasteiger partial charge in [-0.15, -0.1) is 0 Å². The molecular weight excluding hydrogens is 452 g/mol. The van der Waals surface area contributed by atoms with Gasteiger partial charge in [-0.3, -0.25) is 9.88 Å². The molecule has 190 valence electrons. The van der Waals surface area contributed by atoms with Gasteiger partial charge in [0.1, 0.15) is 11.7 Å². The van der Waals surface area contributed by atoms with E-state index in [1.807, 2.05) is 25.1 Å². The Kier molecular flexibility index (Phi) is 4.15. The van der Waals surface area contributed by atoms with Crippen molar-refractivity contribution in [1.82, 2.24) is 9.88 Å². The van der Waals surface area contributed by atoms with Crippen LogP contribution in [-0.4, -0.2) is 58.0 Å². The van der Waals surface area contributed by atoms with Gasteiger partial charge in [0.05, 0.1) is 5.60 Å². The third-order valence-electron chi connectivity index (χ3n) is 11.6. The number of fused-ring (bicyclic) bond motifs is 2. The highest BCUT2D eigenvalue weighted by atomic mass is 16.6. The number of hydrogen-bond donors (Lipinski definition) is 2. The molecule has 3 heterocycles. The van der Waals surface area contributed by atoms with Gasteiger partial charge in [-0.1, -0.05) is 6.07 Å². The fourth-order valence-electron chi connectivity index (χ4n) is 9.95. The van der Waals surface area contributed by atoms with Crippen LogP contribution in [0.3, 0.4) is 0 Å². The van der Waals surface area contributed by atoms with Crippen LogP contribution in [0.5, 0.6) is 11.5 Å². The molecule has 0 radical (unpaired) electrons. The van der Waals surface area contributed by atoms with Crippen LogP contribution in [0.2, 0.25) is 0 Å². The Bertz CT molecular complexity index is 1250. The number of benzene rings is 1. The number of pyridine rings is 1. The Labute approximate surface area is 212 Å². The van der Waals surface area contributed by atoms with E-state index in [1.165, 1.54) is 30.5 Å². The molecule has 7 aliphatic rings. The summed E-state index contributed by atoms with van der Waals surface area (Å²) >= 11 is 0. The number of hydrogen-bond acceptors (Lipinski definition) is 6. The van der Waals surface area contributed by atoms with Crippen molar-refractivity contribution in [2.45, 2.75) is 80.6 Å². The van der Waals surface area contributed by atoms with Crippen LogP contribution in [0.25, 0.3) is 0 Å². The standard InChI is InChI=1S/C30H36N2O4/c1-27(34,20-7-12-31-13-8-20)22-16-28-9-10-30(22,35-2)26-29(28)11-14-32(17-18-3-4-18)23(28)15-19-5-6-21(33)25(36-26)24(19)29/h5-8,12-13,18,22-23,26,33-34H,3-4,9-11,14-17H2,1-2H3/t22-,23-,26-,27?,28-,29+,30-/m1/s1. The van der Waals surface area contributed by atoms with Gasteiger partial charge in [0.15, 0.2) is 11.5 Å². The molecule has 1 aromatic heterocycles. The van der Waals surface area contributed by atoms with Gasteiger partial charge in [0.25, 0.3) is 0 Å². The van der Waals surface area contributed by atoms with E-state index in [0.717, 1.165) is 50.1 Å². The highest BCUT2D eigenvalue weighted by Gasteiger charge is 2.82. The molecule has 1 aromatic carbocycles. The summed E-state index contributed by atoms with van der Waals surface area (Å²) in [6, 6.07) is 8.27. The largest absolute Gasteiger partial charge is 0.504 e. The van der Waals surface area contributed by atoms with Crippen molar-refractivity contribution >= 4 is 0 Å². The van der Waals surface area contributed by atoms with Crippen molar-refractivity contribution in [3.8, 4) is 11.5 Å². The zero-order chi connectivity index (χ0) is 24.5. The zero-order valence-corrected chi connectivity index (χ0v) is 21.2. The third kappa shape index (κ3) is 2.34. The molecule has 2 N–H and O–H groups in total. The summed E-state index contributed by atoms with van der Waals surface area (Å²) < 4.78 is 13.5. The van der Waals surface area contributed by atoms with Crippen molar-refractivity contribution in [1.29, 1.82) is 0 Å². The van der Waals surface area contributed by atoms with Gasteiger partial charge >= 0.3 is 0 Å². The first-order valence-electron chi connectivity index (χ1n) is 13.8. The lowest BCUT2D eigenvalue weighted by Gasteiger charge is -2.75. The van der Waals surface area contributed by atoms with Gasteiger partial charge in [-0.25, -0.2) is 0 Å². The molecule has 7 atom stereocenters. The van der Waals surface area contributed by atoms with Crippen molar-refractivity contribution in [3.63, 3.8) is 0 Å². The monoisotopic (exact) mass is 488 g/mol. The highest BCUT2D eigenvalue weighted by molar-refractivity contribution is 5.63. The number of likely N-dealkylation sites (tertiary alicyclic amines) is 1. The van der Waals surface area contributed by atoms with Gasteiger partial charge in [-0.2, -0.15) is 0 Å². The summed E-state index contributed by atoms with van der Waals surface area (Å²) in [4.78, 5) is 7.01. The summed E-state index contributed by atoms with van der Waals surface area (Å²) in [5.74, 6) is 1.63. The van der Waals surface area contributed by atoms with Crippen molar-refractivity contribution in [2.75, 3.05) is 20.2 Å². The van der Waals surface area contributed by atoms with Crippen molar-refractivity contribution < 1.29 is 19.7 Å². The fourth-order valence-corrected chi connectivity index (χ4v) is 9.95. The van der Waals surface area contributed by atoms with Crippen molar-refractivity contribution in [2.24, 2.45) is 17.3 Å². The van der Waals surface area contributed by atoms with E-state index in [2.05, 4.69) is 16.0 Å². The molecule has 0 amide bonds. The number of ether oxygens (including phenoxy) is 2. The number of phenolic OH excluding ortho intramolecular Hbond substituents is 1. The number of phenols is 1. The fraction of sp³-hybridized carbons (Fsp3) is 0.633. The van der Waals surface area contributed by atoms with Gasteiger partial charge < -0.3 is 19.7 Å². The van der Waals surface area contributed by atoms with Crippen LogP contribution in [0.4, 0.5) is 0 Å². The third-order valence-corrected chi connectivity index (χ3v) is 11.6. The van der Waals surface area contributed by atoms with Crippen LogP contribution >= 0.6 is 0 Å². The van der Waals surface area contributed by atoms with E-state index >= 15 is 0 Å². The lowest BCUT2D eigenvalue weighted by atomic mass is 9.33. The minimum atomic E-state index is -1.09. The van der Waals surface area contributed by atoms with E-state index in [1.54, 1.807) is 19.5 Å². The van der Waals surface area contributed by atoms with E-state index in [-0.39, 0.29) is 28.6 Å². The Morgan fingerprint density at radius 3 is 2.72 bits per heavy atom. The van der Waals surface area contributed by atoms with Gasteiger partial charge in [-0.05, 0) is 93.7 Å². The normalized spacial score (nSPS) is 41.5. The molecule has 2 aromatic rings. The maximum Gasteiger partial charge on any atom is 0.165 e. The molecule has 9 rings (SSSR count). The first kappa shape index (κ1) is 21.9. The second-order valence-electron chi connectivity index (χ2n) is 12.8. The van der Waals surface area contributed by atoms with Crippen LogP contribution in [-0.2, 0) is 22.2 Å². The SMILES string of the molecule is CO[C@]12CC[C@@]3(C[C@@H]1C(C)(O)c1ccncc1)[C@H]1Cc4ccc(O)c5c4[C@@]3(CCN1CC1CC1)[C@H]2O5. The predicted octanol–water partition coefficient (Wildman–Crippen LogP) is 3.92. The molecule has 2 aliphatic heterocycles. The van der Waals surface area contributed by atoms with Crippen LogP contribution < -0.4 is 4.74 Å². The highest BCUT2D eigenvalue weighted by Crippen LogP contribution is 2.78. The Balaban J connectivity index is 1.36. The average molecular weight is 489 g/mol. The van der Waals surface area contributed by atoms with E-state index in [9.17, 15) is 10.2 Å². The molecule has 1 unspecified atom stereocenters. The summed E-state index contributed by atoms with van der Waals surface area (Å²) in [5.41, 5.74) is 1.56.